The van der Waals surface area contributed by atoms with Crippen LogP contribution in [0.2, 0.25) is 0 Å². The van der Waals surface area contributed by atoms with E-state index in [1.807, 2.05) is 0 Å². The summed E-state index contributed by atoms with van der Waals surface area (Å²) < 4.78 is 10.6. The van der Waals surface area contributed by atoms with Gasteiger partial charge in [-0.1, -0.05) is 86.9 Å². The van der Waals surface area contributed by atoms with Crippen LogP contribution in [-0.2, 0) is 107 Å². The number of phenolic OH excluding ortho intramolecular Hbond substituents is 1. The van der Waals surface area contributed by atoms with Crippen molar-refractivity contribution in [2.24, 2.45) is 52.9 Å². The molecule has 3 aromatic heterocycles. The number of fused-ring (bicyclic) bond motifs is 6. The Bertz CT molecular complexity index is 5070. The zero-order valence-corrected chi connectivity index (χ0v) is 75.1. The second-order valence-corrected chi connectivity index (χ2v) is 36.0. The predicted molar refractivity (Wildman–Crippen MR) is 475 cm³/mol. The highest BCUT2D eigenvalue weighted by Crippen LogP contribution is 2.33. The van der Waals surface area contributed by atoms with Gasteiger partial charge in [-0.3, -0.25) is 91.9 Å². The lowest BCUT2D eigenvalue weighted by atomic mass is 9.82. The van der Waals surface area contributed by atoms with Crippen molar-refractivity contribution in [3.05, 3.63) is 87.1 Å². The molecule has 1 unspecified atom stereocenters. The number of anilines is 1. The number of benzene rings is 2. The minimum atomic E-state index is -1.73. The van der Waals surface area contributed by atoms with E-state index in [1.54, 1.807) is 45.0 Å². The number of carboxylic acid groups (broad SMARTS) is 1. The number of nitrogen functional groups attached to an aromatic ring is 1. The van der Waals surface area contributed by atoms with Gasteiger partial charge in [0.25, 0.3) is 5.56 Å². The summed E-state index contributed by atoms with van der Waals surface area (Å²) >= 11 is 0. The summed E-state index contributed by atoms with van der Waals surface area (Å²) in [6.45, 7) is 9.42. The number of ether oxygens (including phenoxy) is 2. The molecule has 0 radical (unpaired) electrons. The van der Waals surface area contributed by atoms with Gasteiger partial charge in [0.2, 0.25) is 65.0 Å². The van der Waals surface area contributed by atoms with Crippen molar-refractivity contribution < 1.29 is 106 Å². The van der Waals surface area contributed by atoms with E-state index in [4.69, 9.17) is 32.1 Å². The van der Waals surface area contributed by atoms with Gasteiger partial charge < -0.3 is 99.7 Å². The number of hydrogen-bond acceptors (Lipinski definition) is 29. The topological polar surface area (TPSA) is 670 Å². The zero-order chi connectivity index (χ0) is 95.3. The number of carbonyl (C=O) groups is 17. The minimum Gasteiger partial charge on any atom is -0.508 e. The fourth-order valence-corrected chi connectivity index (χ4v) is 17.2. The summed E-state index contributed by atoms with van der Waals surface area (Å²) in [7, 11) is 2.55. The maximum atomic E-state index is 15.2. The first-order valence-corrected chi connectivity index (χ1v) is 45.7. The molecule has 6 heterocycles. The number of primary amides is 1. The molecule has 3 aliphatic rings. The second kappa shape index (κ2) is 49.3. The van der Waals surface area contributed by atoms with Crippen LogP contribution >= 0.6 is 21.6 Å². The van der Waals surface area contributed by atoms with Crippen molar-refractivity contribution in [1.29, 1.82) is 5.41 Å². The molecule has 130 heavy (non-hydrogen) atoms. The van der Waals surface area contributed by atoms with Gasteiger partial charge in [0, 0.05) is 123 Å². The number of guanidine groups is 1. The third kappa shape index (κ3) is 30.9. The van der Waals surface area contributed by atoms with Gasteiger partial charge in [-0.25, -0.2) is 14.8 Å². The number of amides is 10. The smallest absolute Gasteiger partial charge is 0.508 e. The molecule has 2 aromatic carbocycles. The molecule has 5 aromatic rings. The Morgan fingerprint density at radius 3 is 2.15 bits per heavy atom. The Morgan fingerprint density at radius 1 is 0.731 bits per heavy atom. The maximum Gasteiger partial charge on any atom is 0.508 e. The quantitative estimate of drug-likeness (QED) is 0.00645. The molecule has 10 amide bonds. The van der Waals surface area contributed by atoms with Crippen LogP contribution in [0.25, 0.3) is 22.1 Å². The number of H-pyrrole nitrogens is 2. The van der Waals surface area contributed by atoms with Crippen LogP contribution in [0, 0.1) is 46.8 Å². The Hall–Kier alpha value is -12.5. The highest BCUT2D eigenvalue weighted by molar-refractivity contribution is 8.76. The lowest BCUT2D eigenvalue weighted by molar-refractivity contribution is -0.143. The Balaban J connectivity index is 0.809. The predicted octanol–water partition coefficient (Wildman–Crippen LogP) is 0.753. The number of Topliss-reactive ketones (excluding diaryl/α,β-unsaturated/α-hetero) is 5. The van der Waals surface area contributed by atoms with Crippen molar-refractivity contribution in [1.82, 2.24) is 77.7 Å². The molecule has 21 N–H and O–H groups in total. The number of carboxylic acids is 1. The van der Waals surface area contributed by atoms with Crippen LogP contribution in [0.15, 0.2) is 53.5 Å². The number of phenols is 1. The molecule has 0 aliphatic carbocycles. The van der Waals surface area contributed by atoms with Gasteiger partial charge in [-0.15, -0.1) is 0 Å². The number of rotatable bonds is 39. The summed E-state index contributed by atoms with van der Waals surface area (Å²) in [5.74, 6) is -19.3. The van der Waals surface area contributed by atoms with E-state index in [0.717, 1.165) is 10.5 Å². The number of nitrogens with zero attached hydrogens (tertiary/aromatic N) is 4. The van der Waals surface area contributed by atoms with Crippen molar-refractivity contribution in [2.75, 3.05) is 56.6 Å². The third-order valence-corrected chi connectivity index (χ3v) is 25.6. The number of ketones is 5. The van der Waals surface area contributed by atoms with E-state index < -0.39 is 241 Å². The third-order valence-electron chi connectivity index (χ3n) is 23.2. The average Bonchev–Trinajstić information content (AvgIpc) is 1.63. The molecule has 3 aliphatic heterocycles. The number of nitrogens with one attached hydrogen (secondary N) is 12. The van der Waals surface area contributed by atoms with E-state index in [2.05, 4.69) is 72.8 Å². The monoisotopic (exact) mass is 1850 g/mol. The number of nitrogens with two attached hydrogens (primary N) is 3. The van der Waals surface area contributed by atoms with Gasteiger partial charge in [0.15, 0.2) is 46.0 Å². The average molecular weight is 1850 g/mol. The van der Waals surface area contributed by atoms with Crippen LogP contribution in [0.5, 0.6) is 5.75 Å². The summed E-state index contributed by atoms with van der Waals surface area (Å²) in [6.07, 6.45) is -4.65. The molecule has 0 spiro atoms. The molecule has 0 saturated carbocycles. The summed E-state index contributed by atoms with van der Waals surface area (Å²) in [4.78, 5) is 266. The molecule has 1 saturated heterocycles. The van der Waals surface area contributed by atoms with Crippen LogP contribution in [0.1, 0.15) is 171 Å². The molecular weight excluding hydrogens is 1730 g/mol. The van der Waals surface area contributed by atoms with Crippen molar-refractivity contribution in [2.45, 2.75) is 212 Å². The summed E-state index contributed by atoms with van der Waals surface area (Å²) in [5, 5.41) is 64.2. The van der Waals surface area contributed by atoms with E-state index >= 15 is 4.79 Å². The van der Waals surface area contributed by atoms with Gasteiger partial charge in [0.05, 0.1) is 67.0 Å². The molecular formula is C86H117N19O23S2. The number of carbonyl (C=O) groups excluding carboxylic acids is 16. The van der Waals surface area contributed by atoms with Crippen molar-refractivity contribution in [3.8, 4) is 5.75 Å². The molecule has 15 atom stereocenters. The fourth-order valence-electron chi connectivity index (χ4n) is 15.4. The highest BCUT2D eigenvalue weighted by Gasteiger charge is 2.45. The van der Waals surface area contributed by atoms with Crippen LogP contribution < -0.4 is 70.6 Å². The Kier molecular flexibility index (Phi) is 39.1. The maximum absolute atomic E-state index is 15.2. The number of aliphatic hydroxyl groups excluding tert-OH is 1. The normalized spacial score (nSPS) is 20.4. The van der Waals surface area contributed by atoms with Gasteiger partial charge >= 0.3 is 12.1 Å². The van der Waals surface area contributed by atoms with Crippen LogP contribution in [-0.4, -0.2) is 251 Å². The standard InChI is InChI=1S/C86H117N19O23S2/c1-8-43(3)73-63(107)22-24-71(115)99-58-21-20-57-56(54-19-18-53(106)34-59(54)98-57)35-60(79(120)94-39-72(116)102-73)100-78(119)55(36-67(111)62-30-42(2)40-105(62)82(123)61(37-69(87)113)101-80(58)121)45(5)68(112)41-128-86(126)127-27-29-130-129-28-26-91-76(117)44(4)31-64(108)47(7)96-77(118)50(10-9-25-92-84(88)89)32-65(109)46(6)95-70(114)23-16-51(83(124)125)33-66(110)49-14-11-48(12-15-49)13-17-52-38-93-75-74(97-52)81(122)104-85(90)103-75/h11-12,14-15,18-19,34,38,42-47,50-51,55,58,60-62,68,73,98,106,112H,8-10,13,16-17,20-33,35-37,39-41H2,1-7H3,(H2,87,113)(H,91,117)(H,94,120)(H,95,114)(H,96,118)(H,99,115)(H,100,119)(H,101,121)(H,102,116)(H,124,125)(H4,88,89,92)(H3,90,93,103,104,122)/t42-,43?,44-,45+,46+,47+,50-,51-,55+,58-,60+,61+,62+,68+,73+/m1/s1. The number of aryl methyl sites for hydroxylation is 3. The lowest BCUT2D eigenvalue weighted by Crippen LogP contribution is -2.57. The summed E-state index contributed by atoms with van der Waals surface area (Å²) in [5.41, 5.74) is 18.9. The molecule has 706 valence electrons. The number of aliphatic carboxylic acids is 1. The number of aromatic hydroxyl groups is 1. The first kappa shape index (κ1) is 103. The molecule has 2 bridgehead atoms. The Morgan fingerprint density at radius 2 is 1.45 bits per heavy atom. The highest BCUT2D eigenvalue weighted by atomic mass is 33.1. The van der Waals surface area contributed by atoms with Crippen molar-refractivity contribution >= 4 is 156 Å². The summed E-state index contributed by atoms with van der Waals surface area (Å²) in [6, 6.07) is 1.29. The SMILES string of the molecule is CCC(C)[C@@H]1NC(=O)CNC(=O)[C@@H]2Cc3c([nH]c4cc(O)ccc34)CC[C@@H](NC(=O)CCC1=O)C(=O)N[C@@H](CC(N)=O)C(=O)N1C[C@H](C)C[C@H]1C(=O)C[C@@H]([C@H](C)[C@@H](O)COC(=O)OCCSSCCNC(=O)[C@H](C)CC(=O)[C@H](C)NC(=O)[C@H](CCCNC(=N)N)CC(=O)[C@H](C)NC(=O)CC[C@H](CC(=O)c1ccc(CCc3cnc4nc(N)[nH]c(=O)c4n3)cc1)C(=O)O)C(=O)N2. The van der Waals surface area contributed by atoms with Crippen molar-refractivity contribution in [3.63, 3.8) is 0 Å². The van der Waals surface area contributed by atoms with Gasteiger partial charge in [-0.2, -0.15) is 4.98 Å². The van der Waals surface area contributed by atoms with Gasteiger partial charge in [-0.05, 0) is 106 Å². The molecule has 44 heteroatoms. The fraction of sp³-hybridized carbons (Fsp3) is 0.558. The number of hydrogen-bond donors (Lipinski definition) is 18. The Labute approximate surface area is 756 Å². The second-order valence-electron chi connectivity index (χ2n) is 33.3. The van der Waals surface area contributed by atoms with E-state index in [-0.39, 0.29) is 130 Å². The molecule has 1 fully saturated rings. The first-order chi connectivity index (χ1) is 61.7. The number of aromatic nitrogens is 5. The zero-order valence-electron chi connectivity index (χ0n) is 73.5. The first-order valence-electron chi connectivity index (χ1n) is 43.2. The van der Waals surface area contributed by atoms with Gasteiger partial charge in [0.1, 0.15) is 37.1 Å². The van der Waals surface area contributed by atoms with Crippen LogP contribution in [0.4, 0.5) is 10.7 Å². The van der Waals surface area contributed by atoms with E-state index in [9.17, 15) is 96.8 Å². The van der Waals surface area contributed by atoms with E-state index in [0.29, 0.717) is 52.9 Å². The largest absolute Gasteiger partial charge is 0.508 e. The van der Waals surface area contributed by atoms with Crippen LogP contribution in [0.3, 0.4) is 0 Å². The minimum absolute atomic E-state index is 0.0308. The number of aliphatic hydroxyl groups is 1. The molecule has 8 rings (SSSR count). The number of aromatic amines is 2. The lowest BCUT2D eigenvalue weighted by Gasteiger charge is -2.32. The molecule has 42 nitrogen and oxygen atoms in total. The van der Waals surface area contributed by atoms with E-state index in [1.165, 1.54) is 73.7 Å².